The van der Waals surface area contributed by atoms with Crippen molar-refractivity contribution in [2.45, 2.75) is 4.21 Å². The Morgan fingerprint density at radius 3 is 2.65 bits per heavy atom. The number of anilines is 1. The molecule has 0 saturated heterocycles. The number of hydrogen-bond acceptors (Lipinski definition) is 5. The summed E-state index contributed by atoms with van der Waals surface area (Å²) in [5.41, 5.74) is 0.671. The lowest BCUT2D eigenvalue weighted by atomic mass is 10.3. The second kappa shape index (κ2) is 6.26. The quantitative estimate of drug-likeness (QED) is 0.689. The van der Waals surface area contributed by atoms with Crippen LogP contribution in [0.3, 0.4) is 0 Å². The van der Waals surface area contributed by atoms with E-state index < -0.39 is 10.0 Å². The Hall–Kier alpha value is -1.97. The molecule has 0 atom stereocenters. The van der Waals surface area contributed by atoms with Gasteiger partial charge in [-0.3, -0.25) is 9.52 Å². The Kier molecular flexibility index (Phi) is 4.33. The molecule has 1 aromatic carbocycles. The summed E-state index contributed by atoms with van der Waals surface area (Å²) < 4.78 is 28.3. The number of nitrogens with zero attached hydrogens (tertiary/aromatic N) is 1. The molecule has 0 amide bonds. The van der Waals surface area contributed by atoms with Gasteiger partial charge in [0.05, 0.1) is 4.88 Å². The first-order valence-corrected chi connectivity index (χ1v) is 9.48. The highest BCUT2D eigenvalue weighted by Gasteiger charge is 2.18. The number of aromatic amines is 1. The van der Waals surface area contributed by atoms with Gasteiger partial charge < -0.3 is 0 Å². The maximum absolute atomic E-state index is 12.4. The van der Waals surface area contributed by atoms with Crippen LogP contribution >= 0.6 is 27.3 Å². The van der Waals surface area contributed by atoms with Crippen LogP contribution in [-0.2, 0) is 10.0 Å². The zero-order chi connectivity index (χ0) is 16.4. The summed E-state index contributed by atoms with van der Waals surface area (Å²) in [5.74, 6) is 0. The third-order valence-electron chi connectivity index (χ3n) is 2.85. The van der Waals surface area contributed by atoms with Crippen molar-refractivity contribution in [2.24, 2.45) is 0 Å². The molecule has 0 bridgehead atoms. The van der Waals surface area contributed by atoms with Crippen molar-refractivity contribution in [3.63, 3.8) is 0 Å². The molecule has 2 N–H and O–H groups in total. The van der Waals surface area contributed by atoms with E-state index in [1.54, 1.807) is 30.3 Å². The van der Waals surface area contributed by atoms with Crippen LogP contribution in [0.25, 0.3) is 10.6 Å². The van der Waals surface area contributed by atoms with E-state index in [-0.39, 0.29) is 9.77 Å². The average molecular weight is 412 g/mol. The molecule has 3 aromatic rings. The summed E-state index contributed by atoms with van der Waals surface area (Å²) in [6.45, 7) is 0. The zero-order valence-corrected chi connectivity index (χ0v) is 14.7. The number of sulfonamides is 1. The molecule has 2 heterocycles. The van der Waals surface area contributed by atoms with E-state index in [4.69, 9.17) is 0 Å². The molecule has 0 radical (unpaired) electrons. The van der Waals surface area contributed by atoms with Gasteiger partial charge in [-0.05, 0) is 36.4 Å². The van der Waals surface area contributed by atoms with Crippen LogP contribution in [0.4, 0.5) is 5.69 Å². The normalized spacial score (nSPS) is 11.3. The van der Waals surface area contributed by atoms with Crippen LogP contribution in [0, 0.1) is 0 Å². The van der Waals surface area contributed by atoms with E-state index in [1.165, 1.54) is 12.1 Å². The smallest absolute Gasteiger partial charge is 0.271 e. The summed E-state index contributed by atoms with van der Waals surface area (Å²) >= 11 is 4.37. The van der Waals surface area contributed by atoms with Crippen LogP contribution in [0.15, 0.2) is 62.0 Å². The van der Waals surface area contributed by atoms with E-state index >= 15 is 0 Å². The number of hydrogen-bond donors (Lipinski definition) is 2. The molecule has 0 unspecified atom stereocenters. The van der Waals surface area contributed by atoms with E-state index in [2.05, 4.69) is 30.8 Å². The number of benzene rings is 1. The second-order valence-electron chi connectivity index (χ2n) is 4.54. The van der Waals surface area contributed by atoms with Crippen molar-refractivity contribution >= 4 is 43.0 Å². The van der Waals surface area contributed by atoms with Crippen molar-refractivity contribution in [1.29, 1.82) is 0 Å². The SMILES string of the molecule is O=c1ccc(-c2ccc(S(=O)(=O)Nc3cccc(Br)c3)s2)n[nH]1. The van der Waals surface area contributed by atoms with Gasteiger partial charge in [0.25, 0.3) is 15.6 Å². The predicted molar refractivity (Wildman–Crippen MR) is 93.1 cm³/mol. The standard InChI is InChI=1S/C14H10BrN3O3S2/c15-9-2-1-3-10(8-9)18-23(20,21)14-7-5-12(22-14)11-4-6-13(19)17-16-11/h1-8,18H,(H,17,19). The molecule has 3 rings (SSSR count). The Labute approximate surface area is 144 Å². The summed E-state index contributed by atoms with van der Waals surface area (Å²) in [6.07, 6.45) is 0. The molecule has 9 heteroatoms. The van der Waals surface area contributed by atoms with E-state index in [0.717, 1.165) is 15.8 Å². The van der Waals surface area contributed by atoms with Crippen LogP contribution < -0.4 is 10.3 Å². The fraction of sp³-hybridized carbons (Fsp3) is 0. The number of thiophene rings is 1. The molecule has 0 saturated carbocycles. The minimum Gasteiger partial charge on any atom is -0.279 e. The predicted octanol–water partition coefficient (Wildman–Crippen LogP) is 3.06. The summed E-state index contributed by atoms with van der Waals surface area (Å²) in [4.78, 5) is 11.7. The van der Waals surface area contributed by atoms with Gasteiger partial charge in [-0.15, -0.1) is 11.3 Å². The monoisotopic (exact) mass is 411 g/mol. The first kappa shape index (κ1) is 15.9. The Bertz CT molecular complexity index is 991. The van der Waals surface area contributed by atoms with Gasteiger partial charge >= 0.3 is 0 Å². The largest absolute Gasteiger partial charge is 0.279 e. The third kappa shape index (κ3) is 3.69. The lowest BCUT2D eigenvalue weighted by molar-refractivity contribution is 0.603. The highest BCUT2D eigenvalue weighted by Crippen LogP contribution is 2.30. The molecular weight excluding hydrogens is 402 g/mol. The summed E-state index contributed by atoms with van der Waals surface area (Å²) in [7, 11) is -3.68. The number of rotatable bonds is 4. The summed E-state index contributed by atoms with van der Waals surface area (Å²) in [6, 6.07) is 12.9. The number of H-pyrrole nitrogens is 1. The number of nitrogens with one attached hydrogen (secondary N) is 2. The second-order valence-corrected chi connectivity index (χ2v) is 8.45. The van der Waals surface area contributed by atoms with Crippen LogP contribution in [0.5, 0.6) is 0 Å². The summed E-state index contributed by atoms with van der Waals surface area (Å²) in [5, 5.41) is 6.21. The molecule has 6 nitrogen and oxygen atoms in total. The van der Waals surface area contributed by atoms with Crippen molar-refractivity contribution in [3.05, 3.63) is 63.4 Å². The third-order valence-corrected chi connectivity index (χ3v) is 6.33. The van der Waals surface area contributed by atoms with Gasteiger partial charge in [0.1, 0.15) is 9.90 Å². The zero-order valence-electron chi connectivity index (χ0n) is 11.5. The molecule has 0 aliphatic carbocycles. The fourth-order valence-electron chi connectivity index (χ4n) is 1.84. The van der Waals surface area contributed by atoms with Crippen LogP contribution in [0.1, 0.15) is 0 Å². The first-order valence-electron chi connectivity index (χ1n) is 6.38. The van der Waals surface area contributed by atoms with Gasteiger partial charge in [0, 0.05) is 16.2 Å². The molecule has 23 heavy (non-hydrogen) atoms. The highest BCUT2D eigenvalue weighted by atomic mass is 79.9. The minimum absolute atomic E-state index is 0.167. The van der Waals surface area contributed by atoms with Crippen molar-refractivity contribution in [3.8, 4) is 10.6 Å². The van der Waals surface area contributed by atoms with Gasteiger partial charge in [0.15, 0.2) is 0 Å². The first-order chi connectivity index (χ1) is 10.9. The molecule has 0 aliphatic rings. The lowest BCUT2D eigenvalue weighted by Gasteiger charge is -2.06. The topological polar surface area (TPSA) is 91.9 Å². The Morgan fingerprint density at radius 2 is 1.96 bits per heavy atom. The number of halogens is 1. The maximum Gasteiger partial charge on any atom is 0.271 e. The lowest BCUT2D eigenvalue weighted by Crippen LogP contribution is -2.11. The maximum atomic E-state index is 12.4. The molecule has 0 aliphatic heterocycles. The van der Waals surface area contributed by atoms with E-state index in [1.807, 2.05) is 6.07 Å². The average Bonchev–Trinajstić information content (AvgIpc) is 2.98. The minimum atomic E-state index is -3.68. The van der Waals surface area contributed by atoms with Crippen LogP contribution in [-0.4, -0.2) is 18.6 Å². The van der Waals surface area contributed by atoms with E-state index in [0.29, 0.717) is 16.3 Å². The van der Waals surface area contributed by atoms with Crippen molar-refractivity contribution < 1.29 is 8.42 Å². The fourth-order valence-corrected chi connectivity index (χ4v) is 4.57. The van der Waals surface area contributed by atoms with Crippen molar-refractivity contribution in [1.82, 2.24) is 10.2 Å². The highest BCUT2D eigenvalue weighted by molar-refractivity contribution is 9.10. The molecular formula is C14H10BrN3O3S2. The van der Waals surface area contributed by atoms with Gasteiger partial charge in [-0.2, -0.15) is 5.10 Å². The van der Waals surface area contributed by atoms with Crippen LogP contribution in [0.2, 0.25) is 0 Å². The molecule has 0 fully saturated rings. The Morgan fingerprint density at radius 1 is 1.13 bits per heavy atom. The molecule has 0 spiro atoms. The van der Waals surface area contributed by atoms with Gasteiger partial charge in [-0.1, -0.05) is 22.0 Å². The Balaban J connectivity index is 1.89. The van der Waals surface area contributed by atoms with E-state index in [9.17, 15) is 13.2 Å². The number of aromatic nitrogens is 2. The van der Waals surface area contributed by atoms with Gasteiger partial charge in [-0.25, -0.2) is 13.5 Å². The van der Waals surface area contributed by atoms with Crippen molar-refractivity contribution in [2.75, 3.05) is 4.72 Å². The van der Waals surface area contributed by atoms with Gasteiger partial charge in [0.2, 0.25) is 0 Å². The molecule has 118 valence electrons. The molecule has 2 aromatic heterocycles.